The molecule has 0 aromatic heterocycles. The van der Waals surface area contributed by atoms with E-state index in [0.717, 1.165) is 24.2 Å². The van der Waals surface area contributed by atoms with E-state index in [-0.39, 0.29) is 11.8 Å². The third-order valence-corrected chi connectivity index (χ3v) is 6.30. The van der Waals surface area contributed by atoms with Crippen molar-refractivity contribution in [2.45, 2.75) is 19.4 Å². The molecule has 2 aromatic carbocycles. The van der Waals surface area contributed by atoms with E-state index in [9.17, 15) is 8.42 Å². The maximum absolute atomic E-state index is 12.5. The number of nitrogens with one attached hydrogen (secondary N) is 1. The Labute approximate surface area is 162 Å². The average Bonchev–Trinajstić information content (AvgIpc) is 2.70. The fourth-order valence-corrected chi connectivity index (χ4v) is 4.37. The molecule has 0 bridgehead atoms. The van der Waals surface area contributed by atoms with Gasteiger partial charge in [-0.1, -0.05) is 60.2 Å². The van der Waals surface area contributed by atoms with Crippen LogP contribution in [-0.2, 0) is 21.2 Å². The van der Waals surface area contributed by atoms with E-state index in [2.05, 4.69) is 40.8 Å². The van der Waals surface area contributed by atoms with Crippen LogP contribution in [0.5, 0.6) is 0 Å². The standard InChI is InChI=1S/C21H28N2O3S/c1-18-7-9-20(10-8-18)21(23-12-14-26-15-13-23)17-22-27(24,25)16-11-19-5-3-2-4-6-19/h2-10,21-22H,11-17H2,1H3/t21-/m0/s1. The molecule has 1 saturated heterocycles. The molecule has 1 atom stereocenters. The number of benzene rings is 2. The first kappa shape index (κ1) is 20.0. The van der Waals surface area contributed by atoms with Crippen molar-refractivity contribution < 1.29 is 13.2 Å². The van der Waals surface area contributed by atoms with Crippen LogP contribution in [0.4, 0.5) is 0 Å². The molecule has 1 N–H and O–H groups in total. The van der Waals surface area contributed by atoms with Crippen molar-refractivity contribution >= 4 is 10.0 Å². The van der Waals surface area contributed by atoms with Crippen molar-refractivity contribution in [1.29, 1.82) is 0 Å². The van der Waals surface area contributed by atoms with Crippen LogP contribution in [0, 0.1) is 6.92 Å². The Morgan fingerprint density at radius 2 is 1.70 bits per heavy atom. The molecule has 3 rings (SSSR count). The van der Waals surface area contributed by atoms with Crippen LogP contribution < -0.4 is 4.72 Å². The topological polar surface area (TPSA) is 58.6 Å². The van der Waals surface area contributed by atoms with Crippen molar-refractivity contribution in [3.05, 3.63) is 71.3 Å². The van der Waals surface area contributed by atoms with Gasteiger partial charge in [0.25, 0.3) is 0 Å². The zero-order valence-electron chi connectivity index (χ0n) is 15.8. The summed E-state index contributed by atoms with van der Waals surface area (Å²) in [6, 6.07) is 18.1. The first-order chi connectivity index (χ1) is 13.0. The van der Waals surface area contributed by atoms with E-state index in [4.69, 9.17) is 4.74 Å². The second kappa shape index (κ2) is 9.46. The number of sulfonamides is 1. The molecular weight excluding hydrogens is 360 g/mol. The van der Waals surface area contributed by atoms with Crippen LogP contribution in [0.25, 0.3) is 0 Å². The Kier molecular flexibility index (Phi) is 7.01. The minimum atomic E-state index is -3.34. The molecule has 1 heterocycles. The maximum Gasteiger partial charge on any atom is 0.211 e. The summed E-state index contributed by atoms with van der Waals surface area (Å²) < 4.78 is 33.3. The maximum atomic E-state index is 12.5. The molecule has 0 radical (unpaired) electrons. The highest BCUT2D eigenvalue weighted by atomic mass is 32.2. The molecule has 1 aliphatic rings. The first-order valence-corrected chi connectivity index (χ1v) is 11.1. The smallest absolute Gasteiger partial charge is 0.211 e. The van der Waals surface area contributed by atoms with Crippen LogP contribution in [0.2, 0.25) is 0 Å². The summed E-state index contributed by atoms with van der Waals surface area (Å²) in [5.74, 6) is 0.0980. The summed E-state index contributed by atoms with van der Waals surface area (Å²) in [5, 5.41) is 0. The van der Waals surface area contributed by atoms with Crippen molar-refractivity contribution in [2.24, 2.45) is 0 Å². The lowest BCUT2D eigenvalue weighted by atomic mass is 10.0. The van der Waals surface area contributed by atoms with Crippen LogP contribution in [-0.4, -0.2) is 51.9 Å². The van der Waals surface area contributed by atoms with Gasteiger partial charge in [-0.05, 0) is 24.5 Å². The summed E-state index contributed by atoms with van der Waals surface area (Å²) in [6.45, 7) is 5.42. The Hall–Kier alpha value is -1.73. The molecule has 27 heavy (non-hydrogen) atoms. The largest absolute Gasteiger partial charge is 0.379 e. The number of hydrogen-bond acceptors (Lipinski definition) is 4. The van der Waals surface area contributed by atoms with Gasteiger partial charge in [-0.25, -0.2) is 13.1 Å². The van der Waals surface area contributed by atoms with E-state index < -0.39 is 10.0 Å². The van der Waals surface area contributed by atoms with E-state index in [0.29, 0.717) is 26.2 Å². The molecular formula is C21H28N2O3S. The lowest BCUT2D eigenvalue weighted by Gasteiger charge is -2.35. The van der Waals surface area contributed by atoms with E-state index in [1.807, 2.05) is 30.3 Å². The first-order valence-electron chi connectivity index (χ1n) is 9.43. The van der Waals surface area contributed by atoms with Gasteiger partial charge in [0.1, 0.15) is 0 Å². The zero-order valence-corrected chi connectivity index (χ0v) is 16.6. The van der Waals surface area contributed by atoms with Gasteiger partial charge >= 0.3 is 0 Å². The molecule has 0 saturated carbocycles. The van der Waals surface area contributed by atoms with Crippen LogP contribution in [0.1, 0.15) is 22.7 Å². The lowest BCUT2D eigenvalue weighted by molar-refractivity contribution is 0.0172. The Morgan fingerprint density at radius 1 is 1.04 bits per heavy atom. The Bertz CT molecular complexity index is 801. The van der Waals surface area contributed by atoms with E-state index in [1.165, 1.54) is 5.56 Å². The molecule has 1 aliphatic heterocycles. The number of rotatable bonds is 8. The molecule has 146 valence electrons. The van der Waals surface area contributed by atoms with Gasteiger partial charge < -0.3 is 4.74 Å². The lowest BCUT2D eigenvalue weighted by Crippen LogP contribution is -2.44. The monoisotopic (exact) mass is 388 g/mol. The summed E-state index contributed by atoms with van der Waals surface area (Å²) >= 11 is 0. The molecule has 0 amide bonds. The number of aryl methyl sites for hydroxylation is 2. The summed E-state index contributed by atoms with van der Waals surface area (Å²) in [5.41, 5.74) is 3.36. The Balaban J connectivity index is 1.65. The van der Waals surface area contributed by atoms with E-state index >= 15 is 0 Å². The quantitative estimate of drug-likeness (QED) is 0.755. The molecule has 0 spiro atoms. The van der Waals surface area contributed by atoms with Crippen LogP contribution in [0.3, 0.4) is 0 Å². The minimum absolute atomic E-state index is 0.0148. The Morgan fingerprint density at radius 3 is 2.37 bits per heavy atom. The third-order valence-electron chi connectivity index (χ3n) is 4.95. The highest BCUT2D eigenvalue weighted by Gasteiger charge is 2.24. The third kappa shape index (κ3) is 6.14. The van der Waals surface area contributed by atoms with Gasteiger partial charge in [0.05, 0.1) is 19.0 Å². The SMILES string of the molecule is Cc1ccc([C@H](CNS(=O)(=O)CCc2ccccc2)N2CCOCC2)cc1. The number of ether oxygens (including phenoxy) is 1. The summed E-state index contributed by atoms with van der Waals surface area (Å²) in [6.07, 6.45) is 0.517. The van der Waals surface area contributed by atoms with Crippen molar-refractivity contribution in [3.63, 3.8) is 0 Å². The summed E-state index contributed by atoms with van der Waals surface area (Å²) in [4.78, 5) is 2.30. The molecule has 5 nitrogen and oxygen atoms in total. The van der Waals surface area contributed by atoms with Crippen molar-refractivity contribution in [2.75, 3.05) is 38.6 Å². The normalized spacial score (nSPS) is 16.9. The summed E-state index contributed by atoms with van der Waals surface area (Å²) in [7, 11) is -3.34. The molecule has 2 aromatic rings. The second-order valence-electron chi connectivity index (χ2n) is 6.98. The minimum Gasteiger partial charge on any atom is -0.379 e. The van der Waals surface area contributed by atoms with Gasteiger partial charge in [0.2, 0.25) is 10.0 Å². The molecule has 6 heteroatoms. The van der Waals surface area contributed by atoms with E-state index in [1.54, 1.807) is 0 Å². The van der Waals surface area contributed by atoms with Crippen molar-refractivity contribution in [1.82, 2.24) is 9.62 Å². The zero-order chi connectivity index (χ0) is 19.1. The van der Waals surface area contributed by atoms with Gasteiger partial charge in [-0.3, -0.25) is 4.90 Å². The predicted molar refractivity (Wildman–Crippen MR) is 108 cm³/mol. The number of hydrogen-bond donors (Lipinski definition) is 1. The second-order valence-corrected chi connectivity index (χ2v) is 8.90. The van der Waals surface area contributed by atoms with Gasteiger partial charge in [-0.15, -0.1) is 0 Å². The van der Waals surface area contributed by atoms with Gasteiger partial charge in [-0.2, -0.15) is 0 Å². The number of morpholine rings is 1. The molecule has 0 aliphatic carbocycles. The van der Waals surface area contributed by atoms with Crippen molar-refractivity contribution in [3.8, 4) is 0 Å². The predicted octanol–water partition coefficient (Wildman–Crippen LogP) is 2.53. The van der Waals surface area contributed by atoms with Crippen LogP contribution in [0.15, 0.2) is 54.6 Å². The number of nitrogens with zero attached hydrogens (tertiary/aromatic N) is 1. The molecule has 0 unspecified atom stereocenters. The van der Waals surface area contributed by atoms with Gasteiger partial charge in [0, 0.05) is 25.7 Å². The van der Waals surface area contributed by atoms with Gasteiger partial charge in [0.15, 0.2) is 0 Å². The van der Waals surface area contributed by atoms with Crippen LogP contribution >= 0.6 is 0 Å². The highest BCUT2D eigenvalue weighted by Crippen LogP contribution is 2.22. The fourth-order valence-electron chi connectivity index (χ4n) is 3.31. The fraction of sp³-hybridized carbons (Fsp3) is 0.429. The average molecular weight is 389 g/mol. The highest BCUT2D eigenvalue weighted by molar-refractivity contribution is 7.89. The molecule has 1 fully saturated rings.